The first-order chi connectivity index (χ1) is 14.0. The summed E-state index contributed by atoms with van der Waals surface area (Å²) < 4.78 is 20.0. The molecule has 0 bridgehead atoms. The number of nitrogens with one attached hydrogen (secondary N) is 1. The predicted octanol–water partition coefficient (Wildman–Crippen LogP) is 3.30. The zero-order chi connectivity index (χ0) is 20.5. The number of benzene rings is 1. The van der Waals surface area contributed by atoms with E-state index in [9.17, 15) is 0 Å². The summed E-state index contributed by atoms with van der Waals surface area (Å²) >= 11 is 0. The van der Waals surface area contributed by atoms with Crippen molar-refractivity contribution >= 4 is 17.2 Å². The standard InChI is InChI=1S/C20H22N6O3/c1-12-6-7-15-20(22-13(2)24-26(12)15)23-18-10-25(11-21-18)14-8-16(27-3)19(29-5)17(9-14)28-4/h6-11H,1-5H3,(H,22,23,24). The highest BCUT2D eigenvalue weighted by molar-refractivity contribution is 5.72. The van der Waals surface area contributed by atoms with Gasteiger partial charge in [0, 0.05) is 17.8 Å². The predicted molar refractivity (Wildman–Crippen MR) is 109 cm³/mol. The molecule has 3 aromatic heterocycles. The molecule has 9 heteroatoms. The lowest BCUT2D eigenvalue weighted by Gasteiger charge is -2.14. The van der Waals surface area contributed by atoms with Crippen LogP contribution in [0.5, 0.6) is 17.2 Å². The van der Waals surface area contributed by atoms with E-state index >= 15 is 0 Å². The van der Waals surface area contributed by atoms with Gasteiger partial charge in [-0.25, -0.2) is 14.5 Å². The van der Waals surface area contributed by atoms with E-state index in [-0.39, 0.29) is 0 Å². The van der Waals surface area contributed by atoms with Crippen LogP contribution in [0.3, 0.4) is 0 Å². The molecule has 0 spiro atoms. The minimum Gasteiger partial charge on any atom is -0.493 e. The van der Waals surface area contributed by atoms with Gasteiger partial charge in [0.05, 0.1) is 33.2 Å². The molecule has 4 aromatic rings. The molecule has 3 heterocycles. The number of rotatable bonds is 6. The van der Waals surface area contributed by atoms with Gasteiger partial charge in [0.15, 0.2) is 17.3 Å². The van der Waals surface area contributed by atoms with Crippen LogP contribution in [0.4, 0.5) is 11.6 Å². The Labute approximate surface area is 167 Å². The normalized spacial score (nSPS) is 10.9. The van der Waals surface area contributed by atoms with Crippen LogP contribution in [0.15, 0.2) is 36.8 Å². The summed E-state index contributed by atoms with van der Waals surface area (Å²) in [6.07, 6.45) is 3.57. The molecule has 1 aromatic carbocycles. The minimum atomic E-state index is 0.541. The van der Waals surface area contributed by atoms with Crippen molar-refractivity contribution in [1.29, 1.82) is 0 Å². The average molecular weight is 394 g/mol. The van der Waals surface area contributed by atoms with Crippen molar-refractivity contribution in [1.82, 2.24) is 24.1 Å². The Morgan fingerprint density at radius 2 is 1.69 bits per heavy atom. The van der Waals surface area contributed by atoms with E-state index in [0.717, 1.165) is 16.9 Å². The highest BCUT2D eigenvalue weighted by Gasteiger charge is 2.15. The molecular formula is C20H22N6O3. The smallest absolute Gasteiger partial charge is 0.203 e. The third kappa shape index (κ3) is 3.31. The van der Waals surface area contributed by atoms with Gasteiger partial charge < -0.3 is 24.1 Å². The molecule has 29 heavy (non-hydrogen) atoms. The van der Waals surface area contributed by atoms with Gasteiger partial charge >= 0.3 is 0 Å². The van der Waals surface area contributed by atoms with E-state index < -0.39 is 0 Å². The average Bonchev–Trinajstić information content (AvgIpc) is 3.34. The number of nitrogens with zero attached hydrogens (tertiary/aromatic N) is 5. The van der Waals surface area contributed by atoms with E-state index in [0.29, 0.717) is 34.7 Å². The molecule has 0 aliphatic heterocycles. The Hall–Kier alpha value is -3.75. The molecule has 0 aliphatic rings. The van der Waals surface area contributed by atoms with Gasteiger partial charge in [-0.2, -0.15) is 5.10 Å². The maximum atomic E-state index is 5.43. The van der Waals surface area contributed by atoms with Crippen LogP contribution < -0.4 is 19.5 Å². The third-order valence-electron chi connectivity index (χ3n) is 4.58. The highest BCUT2D eigenvalue weighted by atomic mass is 16.5. The number of anilines is 2. The fourth-order valence-corrected chi connectivity index (χ4v) is 3.19. The number of ether oxygens (including phenoxy) is 3. The van der Waals surface area contributed by atoms with Crippen molar-refractivity contribution < 1.29 is 14.2 Å². The topological polar surface area (TPSA) is 87.7 Å². The van der Waals surface area contributed by atoms with Gasteiger partial charge in [0.2, 0.25) is 5.75 Å². The summed E-state index contributed by atoms with van der Waals surface area (Å²) in [5.74, 6) is 3.70. The molecule has 0 atom stereocenters. The maximum absolute atomic E-state index is 5.43. The molecule has 4 rings (SSSR count). The minimum absolute atomic E-state index is 0.541. The molecule has 0 amide bonds. The van der Waals surface area contributed by atoms with Crippen molar-refractivity contribution in [2.45, 2.75) is 13.8 Å². The monoisotopic (exact) mass is 394 g/mol. The molecule has 0 unspecified atom stereocenters. The van der Waals surface area contributed by atoms with Gasteiger partial charge in [-0.05, 0) is 26.0 Å². The van der Waals surface area contributed by atoms with E-state index in [4.69, 9.17) is 14.2 Å². The van der Waals surface area contributed by atoms with Gasteiger partial charge in [-0.1, -0.05) is 0 Å². The zero-order valence-corrected chi connectivity index (χ0v) is 16.9. The van der Waals surface area contributed by atoms with Gasteiger partial charge in [0.1, 0.15) is 23.5 Å². The molecule has 9 nitrogen and oxygen atoms in total. The van der Waals surface area contributed by atoms with Crippen LogP contribution >= 0.6 is 0 Å². The first-order valence-electron chi connectivity index (χ1n) is 8.98. The SMILES string of the molecule is COc1cc(-n2cnc(Nc3nc(C)nn4c(C)ccc34)c2)cc(OC)c1OC. The van der Waals surface area contributed by atoms with E-state index in [2.05, 4.69) is 20.4 Å². The number of aromatic nitrogens is 5. The molecule has 0 saturated heterocycles. The number of aryl methyl sites for hydroxylation is 2. The van der Waals surface area contributed by atoms with E-state index in [1.807, 2.05) is 53.4 Å². The molecule has 0 fully saturated rings. The van der Waals surface area contributed by atoms with Crippen LogP contribution in [0.1, 0.15) is 11.5 Å². The Morgan fingerprint density at radius 1 is 0.966 bits per heavy atom. The molecule has 1 N–H and O–H groups in total. The molecular weight excluding hydrogens is 372 g/mol. The number of methoxy groups -OCH3 is 3. The Bertz CT molecular complexity index is 1160. The molecule has 0 saturated carbocycles. The van der Waals surface area contributed by atoms with Crippen LogP contribution in [0.25, 0.3) is 11.2 Å². The van der Waals surface area contributed by atoms with Gasteiger partial charge in [-0.15, -0.1) is 0 Å². The van der Waals surface area contributed by atoms with E-state index in [1.165, 1.54) is 0 Å². The van der Waals surface area contributed by atoms with Crippen molar-refractivity contribution in [3.8, 4) is 22.9 Å². The molecule has 0 aliphatic carbocycles. The number of fused-ring (bicyclic) bond motifs is 1. The van der Waals surface area contributed by atoms with Crippen molar-refractivity contribution in [3.05, 3.63) is 48.3 Å². The Balaban J connectivity index is 1.70. The molecule has 150 valence electrons. The fourth-order valence-electron chi connectivity index (χ4n) is 3.19. The van der Waals surface area contributed by atoms with Crippen molar-refractivity contribution in [2.24, 2.45) is 0 Å². The lowest BCUT2D eigenvalue weighted by Crippen LogP contribution is -2.04. The lowest BCUT2D eigenvalue weighted by molar-refractivity contribution is 0.324. The summed E-state index contributed by atoms with van der Waals surface area (Å²) in [5, 5.41) is 7.72. The summed E-state index contributed by atoms with van der Waals surface area (Å²) in [6, 6.07) is 7.70. The van der Waals surface area contributed by atoms with Crippen LogP contribution in [-0.2, 0) is 0 Å². The Morgan fingerprint density at radius 3 is 2.34 bits per heavy atom. The molecule has 0 radical (unpaired) electrons. The largest absolute Gasteiger partial charge is 0.493 e. The number of imidazole rings is 1. The van der Waals surface area contributed by atoms with Crippen LogP contribution in [0, 0.1) is 13.8 Å². The quantitative estimate of drug-likeness (QED) is 0.537. The number of hydrogen-bond acceptors (Lipinski definition) is 7. The number of hydrogen-bond donors (Lipinski definition) is 1. The second-order valence-electron chi connectivity index (χ2n) is 6.45. The second-order valence-corrected chi connectivity index (χ2v) is 6.45. The van der Waals surface area contributed by atoms with Gasteiger partial charge in [-0.3, -0.25) is 0 Å². The fraction of sp³-hybridized carbons (Fsp3) is 0.250. The first-order valence-corrected chi connectivity index (χ1v) is 8.98. The Kier molecular flexibility index (Phi) is 4.71. The maximum Gasteiger partial charge on any atom is 0.203 e. The van der Waals surface area contributed by atoms with Crippen molar-refractivity contribution in [3.63, 3.8) is 0 Å². The van der Waals surface area contributed by atoms with Crippen molar-refractivity contribution in [2.75, 3.05) is 26.6 Å². The van der Waals surface area contributed by atoms with Crippen LogP contribution in [0.2, 0.25) is 0 Å². The second kappa shape index (κ2) is 7.34. The lowest BCUT2D eigenvalue weighted by atomic mass is 10.2. The van der Waals surface area contributed by atoms with E-state index in [1.54, 1.807) is 27.7 Å². The summed E-state index contributed by atoms with van der Waals surface area (Å²) in [6.45, 7) is 3.86. The summed E-state index contributed by atoms with van der Waals surface area (Å²) in [4.78, 5) is 8.97. The highest BCUT2D eigenvalue weighted by Crippen LogP contribution is 2.39. The third-order valence-corrected chi connectivity index (χ3v) is 4.58. The van der Waals surface area contributed by atoms with Crippen LogP contribution in [-0.4, -0.2) is 45.5 Å². The summed E-state index contributed by atoms with van der Waals surface area (Å²) in [7, 11) is 4.75. The van der Waals surface area contributed by atoms with Gasteiger partial charge in [0.25, 0.3) is 0 Å². The summed E-state index contributed by atoms with van der Waals surface area (Å²) in [5.41, 5.74) is 2.74. The zero-order valence-electron chi connectivity index (χ0n) is 16.9. The first kappa shape index (κ1) is 18.6.